The summed E-state index contributed by atoms with van der Waals surface area (Å²) >= 11 is 7.55. The molecular formula is C23H21ClN4O2S. The Bertz CT molecular complexity index is 1200. The average Bonchev–Trinajstić information content (AvgIpc) is 3.39. The smallest absolute Gasteiger partial charge is 0.268 e. The molecule has 0 aliphatic heterocycles. The van der Waals surface area contributed by atoms with Crippen LogP contribution in [-0.2, 0) is 13.2 Å². The third-order valence-electron chi connectivity index (χ3n) is 4.72. The number of amides is 1. The second kappa shape index (κ2) is 9.32. The van der Waals surface area contributed by atoms with Gasteiger partial charge in [-0.15, -0.1) is 16.4 Å². The molecule has 0 radical (unpaired) electrons. The van der Waals surface area contributed by atoms with Crippen LogP contribution in [-0.4, -0.2) is 20.7 Å². The maximum Gasteiger partial charge on any atom is 0.268 e. The van der Waals surface area contributed by atoms with Gasteiger partial charge in [0.1, 0.15) is 18.7 Å². The van der Waals surface area contributed by atoms with Crippen LogP contribution < -0.4 is 10.1 Å². The third-order valence-corrected chi connectivity index (χ3v) is 6.07. The number of hydrogen-bond acceptors (Lipinski definition) is 5. The molecule has 8 heteroatoms. The van der Waals surface area contributed by atoms with Gasteiger partial charge in [0.25, 0.3) is 5.91 Å². The number of benzene rings is 2. The largest absolute Gasteiger partial charge is 0.488 e. The molecule has 0 atom stereocenters. The van der Waals surface area contributed by atoms with Crippen molar-refractivity contribution >= 4 is 34.8 Å². The number of para-hydroxylation sites is 1. The van der Waals surface area contributed by atoms with Crippen LogP contribution in [0.15, 0.2) is 60.2 Å². The number of nitrogens with one attached hydrogen (secondary N) is 1. The van der Waals surface area contributed by atoms with E-state index in [2.05, 4.69) is 15.4 Å². The Morgan fingerprint density at radius 2 is 1.94 bits per heavy atom. The van der Waals surface area contributed by atoms with E-state index in [1.54, 1.807) is 11.0 Å². The molecule has 0 aliphatic rings. The van der Waals surface area contributed by atoms with Crippen molar-refractivity contribution in [2.75, 3.05) is 5.32 Å². The zero-order valence-corrected chi connectivity index (χ0v) is 18.7. The Morgan fingerprint density at radius 3 is 2.71 bits per heavy atom. The number of ether oxygens (including phenoxy) is 1. The van der Waals surface area contributed by atoms with E-state index in [0.29, 0.717) is 23.1 Å². The SMILES string of the molecule is Cc1cccc(C)c1OCc1csc(C(=O)Nc2ncn(Cc3ccccc3Cl)n2)c1. The van der Waals surface area contributed by atoms with Gasteiger partial charge in [0.2, 0.25) is 5.95 Å². The lowest BCUT2D eigenvalue weighted by Crippen LogP contribution is -2.12. The summed E-state index contributed by atoms with van der Waals surface area (Å²) in [6.45, 7) is 4.92. The molecule has 0 saturated carbocycles. The summed E-state index contributed by atoms with van der Waals surface area (Å²) < 4.78 is 7.60. The highest BCUT2D eigenvalue weighted by atomic mass is 35.5. The Hall–Kier alpha value is -3.16. The minimum Gasteiger partial charge on any atom is -0.488 e. The summed E-state index contributed by atoms with van der Waals surface area (Å²) in [6.07, 6.45) is 1.57. The van der Waals surface area contributed by atoms with E-state index in [1.165, 1.54) is 11.3 Å². The van der Waals surface area contributed by atoms with Crippen molar-refractivity contribution in [3.8, 4) is 5.75 Å². The number of aryl methyl sites for hydroxylation is 2. The number of aromatic nitrogens is 3. The molecule has 2 aromatic carbocycles. The van der Waals surface area contributed by atoms with E-state index < -0.39 is 0 Å². The average molecular weight is 453 g/mol. The summed E-state index contributed by atoms with van der Waals surface area (Å²) in [5.41, 5.74) is 4.05. The van der Waals surface area contributed by atoms with Crippen LogP contribution >= 0.6 is 22.9 Å². The van der Waals surface area contributed by atoms with E-state index in [1.807, 2.05) is 67.8 Å². The molecule has 2 heterocycles. The highest BCUT2D eigenvalue weighted by molar-refractivity contribution is 7.12. The lowest BCUT2D eigenvalue weighted by Gasteiger charge is -2.10. The van der Waals surface area contributed by atoms with Crippen LogP contribution in [0.2, 0.25) is 5.02 Å². The number of nitrogens with zero attached hydrogens (tertiary/aromatic N) is 3. The Morgan fingerprint density at radius 1 is 1.16 bits per heavy atom. The second-order valence-electron chi connectivity index (χ2n) is 7.14. The number of halogens is 1. The first kappa shape index (κ1) is 21.1. The molecule has 0 bridgehead atoms. The Kier molecular flexibility index (Phi) is 6.34. The van der Waals surface area contributed by atoms with Gasteiger partial charge in [-0.1, -0.05) is 48.0 Å². The van der Waals surface area contributed by atoms with Crippen LogP contribution in [0, 0.1) is 13.8 Å². The highest BCUT2D eigenvalue weighted by Crippen LogP contribution is 2.25. The fraction of sp³-hybridized carbons (Fsp3) is 0.174. The van der Waals surface area contributed by atoms with E-state index in [-0.39, 0.29) is 11.9 Å². The molecule has 1 N–H and O–H groups in total. The highest BCUT2D eigenvalue weighted by Gasteiger charge is 2.13. The lowest BCUT2D eigenvalue weighted by molar-refractivity contribution is 0.102. The maximum absolute atomic E-state index is 12.6. The summed E-state index contributed by atoms with van der Waals surface area (Å²) in [5.74, 6) is 0.880. The minimum absolute atomic E-state index is 0.249. The van der Waals surface area contributed by atoms with Crippen LogP contribution in [0.3, 0.4) is 0 Å². The monoisotopic (exact) mass is 452 g/mol. The number of rotatable bonds is 7. The molecule has 2 aromatic heterocycles. The summed E-state index contributed by atoms with van der Waals surface area (Å²) in [5, 5.41) is 9.64. The van der Waals surface area contributed by atoms with Gasteiger partial charge in [0.15, 0.2) is 0 Å². The molecule has 4 rings (SSSR count). The molecule has 4 aromatic rings. The first-order valence-electron chi connectivity index (χ1n) is 9.70. The Labute approximate surface area is 189 Å². The number of carbonyl (C=O) groups excluding carboxylic acids is 1. The molecule has 31 heavy (non-hydrogen) atoms. The zero-order chi connectivity index (χ0) is 21.8. The van der Waals surface area contributed by atoms with Crippen LogP contribution in [0.4, 0.5) is 5.95 Å². The van der Waals surface area contributed by atoms with Crippen LogP contribution in [0.5, 0.6) is 5.75 Å². The van der Waals surface area contributed by atoms with Crippen molar-refractivity contribution in [1.29, 1.82) is 0 Å². The first-order valence-corrected chi connectivity index (χ1v) is 11.0. The third kappa shape index (κ3) is 5.13. The van der Waals surface area contributed by atoms with E-state index in [9.17, 15) is 4.79 Å². The van der Waals surface area contributed by atoms with Crippen molar-refractivity contribution in [3.05, 3.63) is 92.4 Å². The Balaban J connectivity index is 1.36. The van der Waals surface area contributed by atoms with Crippen molar-refractivity contribution in [2.24, 2.45) is 0 Å². The quantitative estimate of drug-likeness (QED) is 0.402. The predicted molar refractivity (Wildman–Crippen MR) is 123 cm³/mol. The molecule has 0 saturated heterocycles. The van der Waals surface area contributed by atoms with Crippen LogP contribution in [0.25, 0.3) is 0 Å². The normalized spacial score (nSPS) is 10.8. The van der Waals surface area contributed by atoms with Gasteiger partial charge in [-0.25, -0.2) is 9.67 Å². The molecular weight excluding hydrogens is 432 g/mol. The first-order chi connectivity index (χ1) is 15.0. The van der Waals surface area contributed by atoms with Crippen molar-refractivity contribution in [3.63, 3.8) is 0 Å². The summed E-state index contributed by atoms with van der Waals surface area (Å²) in [6, 6.07) is 15.4. The van der Waals surface area contributed by atoms with Gasteiger partial charge in [0.05, 0.1) is 11.4 Å². The van der Waals surface area contributed by atoms with Gasteiger partial charge in [0, 0.05) is 10.6 Å². The van der Waals surface area contributed by atoms with Crippen molar-refractivity contribution < 1.29 is 9.53 Å². The summed E-state index contributed by atoms with van der Waals surface area (Å²) in [7, 11) is 0. The number of hydrogen-bond donors (Lipinski definition) is 1. The molecule has 0 spiro atoms. The van der Waals surface area contributed by atoms with Crippen molar-refractivity contribution in [2.45, 2.75) is 27.0 Å². The zero-order valence-electron chi connectivity index (χ0n) is 17.1. The van der Waals surface area contributed by atoms with Gasteiger partial charge >= 0.3 is 0 Å². The van der Waals surface area contributed by atoms with Gasteiger partial charge < -0.3 is 4.74 Å². The molecule has 0 aliphatic carbocycles. The molecule has 0 fully saturated rings. The van der Waals surface area contributed by atoms with Gasteiger partial charge in [-0.2, -0.15) is 0 Å². The van der Waals surface area contributed by atoms with Gasteiger partial charge in [-0.05, 0) is 48.1 Å². The van der Waals surface area contributed by atoms with E-state index in [0.717, 1.165) is 28.0 Å². The number of thiophene rings is 1. The standard InChI is InChI=1S/C23H21ClN4O2S/c1-15-6-5-7-16(2)21(15)30-12-17-10-20(31-13-17)22(29)26-23-25-14-28(27-23)11-18-8-3-4-9-19(18)24/h3-10,13-14H,11-12H2,1-2H3,(H,26,27,29). The molecule has 0 unspecified atom stereocenters. The molecule has 1 amide bonds. The predicted octanol–water partition coefficient (Wildman–Crippen LogP) is 5.49. The summed E-state index contributed by atoms with van der Waals surface area (Å²) in [4.78, 5) is 17.3. The lowest BCUT2D eigenvalue weighted by atomic mass is 10.1. The van der Waals surface area contributed by atoms with Crippen LogP contribution in [0.1, 0.15) is 31.9 Å². The number of anilines is 1. The molecule has 158 valence electrons. The van der Waals surface area contributed by atoms with Gasteiger partial charge in [-0.3, -0.25) is 10.1 Å². The van der Waals surface area contributed by atoms with E-state index >= 15 is 0 Å². The second-order valence-corrected chi connectivity index (χ2v) is 8.46. The van der Waals surface area contributed by atoms with Crippen molar-refractivity contribution in [1.82, 2.24) is 14.8 Å². The van der Waals surface area contributed by atoms with E-state index in [4.69, 9.17) is 16.3 Å². The molecule has 6 nitrogen and oxygen atoms in total. The fourth-order valence-electron chi connectivity index (χ4n) is 3.15. The minimum atomic E-state index is -0.251. The topological polar surface area (TPSA) is 69.0 Å². The fourth-order valence-corrected chi connectivity index (χ4v) is 4.13. The maximum atomic E-state index is 12.6. The number of carbonyl (C=O) groups is 1.